The van der Waals surface area contributed by atoms with Crippen LogP contribution in [0.25, 0.3) is 0 Å². The predicted octanol–water partition coefficient (Wildman–Crippen LogP) is 2.90. The average Bonchev–Trinajstić information content (AvgIpc) is 2.69. The molecule has 0 aliphatic heterocycles. The maximum absolute atomic E-state index is 12.1. The molecule has 0 saturated heterocycles. The van der Waals surface area contributed by atoms with Crippen molar-refractivity contribution in [2.45, 2.75) is 13.8 Å². The third kappa shape index (κ3) is 4.18. The van der Waals surface area contributed by atoms with Crippen molar-refractivity contribution in [3.05, 3.63) is 75.9 Å². The molecule has 10 heteroatoms. The van der Waals surface area contributed by atoms with Crippen LogP contribution in [0, 0.1) is 24.0 Å². The van der Waals surface area contributed by atoms with E-state index in [1.165, 1.54) is 12.4 Å². The maximum Gasteiger partial charge on any atom is 0.355 e. The number of carbonyl (C=O) groups is 1. The van der Waals surface area contributed by atoms with Crippen LogP contribution in [-0.4, -0.2) is 25.8 Å². The van der Waals surface area contributed by atoms with Crippen LogP contribution in [0.4, 0.5) is 23.0 Å². The molecule has 2 heterocycles. The first-order chi connectivity index (χ1) is 13.5. The fourth-order valence-electron chi connectivity index (χ4n) is 2.38. The summed E-state index contributed by atoms with van der Waals surface area (Å²) in [5.41, 5.74) is 7.52. The smallest absolute Gasteiger partial charge is 0.334 e. The van der Waals surface area contributed by atoms with Crippen LogP contribution in [0.3, 0.4) is 0 Å². The minimum atomic E-state index is -0.623. The zero-order chi connectivity index (χ0) is 20.1. The lowest BCUT2D eigenvalue weighted by Gasteiger charge is -2.11. The summed E-state index contributed by atoms with van der Waals surface area (Å²) >= 11 is 0. The maximum atomic E-state index is 12.1. The average molecular weight is 379 g/mol. The first-order valence-corrected chi connectivity index (χ1v) is 8.25. The van der Waals surface area contributed by atoms with E-state index in [0.717, 1.165) is 17.5 Å². The zero-order valence-corrected chi connectivity index (χ0v) is 15.1. The van der Waals surface area contributed by atoms with Gasteiger partial charge in [-0.05, 0) is 49.2 Å². The highest BCUT2D eigenvalue weighted by Gasteiger charge is 2.23. The Hall–Kier alpha value is -4.08. The summed E-state index contributed by atoms with van der Waals surface area (Å²) in [7, 11) is 0. The standard InChI is InChI=1S/C18H17N7O3/c1-11-5-6-14(8-12(11)2)22-16-15(25(27)28)17(21-10-20-16)23-24-18(26)13-4-3-7-19-9-13/h3-10H,1-2H3,(H,24,26)(H2,20,21,22,23). The number of nitro groups is 1. The van der Waals surface area contributed by atoms with Gasteiger partial charge in [-0.1, -0.05) is 6.07 Å². The molecule has 3 N–H and O–H groups in total. The second-order valence-corrected chi connectivity index (χ2v) is 5.92. The van der Waals surface area contributed by atoms with Crippen molar-refractivity contribution in [2.75, 3.05) is 10.7 Å². The molecule has 0 saturated carbocycles. The van der Waals surface area contributed by atoms with E-state index in [4.69, 9.17) is 0 Å². The van der Waals surface area contributed by atoms with Crippen molar-refractivity contribution in [3.8, 4) is 0 Å². The number of aryl methyl sites for hydroxylation is 2. The molecule has 142 valence electrons. The normalized spacial score (nSPS) is 10.2. The van der Waals surface area contributed by atoms with Gasteiger partial charge in [0.1, 0.15) is 6.33 Å². The third-order valence-corrected chi connectivity index (χ3v) is 3.99. The van der Waals surface area contributed by atoms with E-state index in [-0.39, 0.29) is 11.6 Å². The number of carbonyl (C=O) groups excluding carboxylic acids is 1. The Morgan fingerprint density at radius 1 is 1.11 bits per heavy atom. The molecule has 0 aliphatic rings. The molecule has 1 aromatic carbocycles. The van der Waals surface area contributed by atoms with Gasteiger partial charge in [-0.2, -0.15) is 0 Å². The van der Waals surface area contributed by atoms with Crippen LogP contribution in [-0.2, 0) is 0 Å². The number of hydrazine groups is 1. The van der Waals surface area contributed by atoms with Crippen molar-refractivity contribution in [3.63, 3.8) is 0 Å². The Balaban J connectivity index is 1.84. The minimum absolute atomic E-state index is 0.00128. The van der Waals surface area contributed by atoms with Crippen LogP contribution >= 0.6 is 0 Å². The van der Waals surface area contributed by atoms with Crippen LogP contribution in [0.5, 0.6) is 0 Å². The molecule has 10 nitrogen and oxygen atoms in total. The summed E-state index contributed by atoms with van der Waals surface area (Å²) in [5, 5.41) is 14.5. The molecule has 0 aliphatic carbocycles. The first kappa shape index (κ1) is 18.7. The number of nitrogens with one attached hydrogen (secondary N) is 3. The highest BCUT2D eigenvalue weighted by Crippen LogP contribution is 2.31. The highest BCUT2D eigenvalue weighted by atomic mass is 16.6. The van der Waals surface area contributed by atoms with Gasteiger partial charge in [0.2, 0.25) is 11.6 Å². The molecule has 0 spiro atoms. The minimum Gasteiger partial charge on any atom is -0.334 e. The molecule has 0 unspecified atom stereocenters. The summed E-state index contributed by atoms with van der Waals surface area (Å²) < 4.78 is 0. The zero-order valence-electron chi connectivity index (χ0n) is 15.1. The second-order valence-electron chi connectivity index (χ2n) is 5.92. The van der Waals surface area contributed by atoms with Gasteiger partial charge in [0.15, 0.2) is 0 Å². The largest absolute Gasteiger partial charge is 0.355 e. The highest BCUT2D eigenvalue weighted by molar-refractivity contribution is 5.94. The van der Waals surface area contributed by atoms with Gasteiger partial charge < -0.3 is 5.32 Å². The van der Waals surface area contributed by atoms with Gasteiger partial charge in [-0.25, -0.2) is 9.97 Å². The Kier molecular flexibility index (Phi) is 5.40. The van der Waals surface area contributed by atoms with Crippen molar-refractivity contribution in [2.24, 2.45) is 0 Å². The van der Waals surface area contributed by atoms with Gasteiger partial charge in [-0.15, -0.1) is 0 Å². The molecule has 0 fully saturated rings. The number of aromatic nitrogens is 3. The molecule has 0 atom stereocenters. The first-order valence-electron chi connectivity index (χ1n) is 8.25. The SMILES string of the molecule is Cc1ccc(Nc2ncnc(NNC(=O)c3cccnc3)c2[N+](=O)[O-])cc1C. The van der Waals surface area contributed by atoms with Gasteiger partial charge in [0.25, 0.3) is 5.91 Å². The van der Waals surface area contributed by atoms with E-state index in [2.05, 4.69) is 31.1 Å². The van der Waals surface area contributed by atoms with Crippen LogP contribution < -0.4 is 16.2 Å². The number of rotatable bonds is 6. The van der Waals surface area contributed by atoms with E-state index in [0.29, 0.717) is 11.3 Å². The van der Waals surface area contributed by atoms with Gasteiger partial charge in [0, 0.05) is 18.1 Å². The lowest BCUT2D eigenvalue weighted by Crippen LogP contribution is -2.30. The van der Waals surface area contributed by atoms with E-state index < -0.39 is 16.5 Å². The van der Waals surface area contributed by atoms with Crippen LogP contribution in [0.1, 0.15) is 21.5 Å². The quantitative estimate of drug-likeness (QED) is 0.439. The fourth-order valence-corrected chi connectivity index (χ4v) is 2.38. The van der Waals surface area contributed by atoms with E-state index >= 15 is 0 Å². The number of nitrogens with zero attached hydrogens (tertiary/aromatic N) is 4. The molecule has 28 heavy (non-hydrogen) atoms. The fraction of sp³-hybridized carbons (Fsp3) is 0.111. The molecule has 3 aromatic rings. The molecule has 0 radical (unpaired) electrons. The third-order valence-electron chi connectivity index (χ3n) is 3.99. The number of pyridine rings is 1. The Morgan fingerprint density at radius 3 is 2.57 bits per heavy atom. The van der Waals surface area contributed by atoms with E-state index in [9.17, 15) is 14.9 Å². The lowest BCUT2D eigenvalue weighted by atomic mass is 10.1. The number of benzene rings is 1. The lowest BCUT2D eigenvalue weighted by molar-refractivity contribution is -0.383. The topological polar surface area (TPSA) is 135 Å². The van der Waals surface area contributed by atoms with Crippen molar-refractivity contribution >= 4 is 28.9 Å². The van der Waals surface area contributed by atoms with Crippen molar-refractivity contribution in [1.29, 1.82) is 0 Å². The van der Waals surface area contributed by atoms with E-state index in [1.807, 2.05) is 26.0 Å². The van der Waals surface area contributed by atoms with Crippen LogP contribution in [0.2, 0.25) is 0 Å². The molecular formula is C18H17N7O3. The monoisotopic (exact) mass is 379 g/mol. The molecule has 3 rings (SSSR count). The Labute approximate surface area is 160 Å². The summed E-state index contributed by atoms with van der Waals surface area (Å²) in [6.07, 6.45) is 4.07. The predicted molar refractivity (Wildman–Crippen MR) is 103 cm³/mol. The number of anilines is 3. The summed E-state index contributed by atoms with van der Waals surface area (Å²) in [5.74, 6) is -0.658. The summed E-state index contributed by atoms with van der Waals surface area (Å²) in [6, 6.07) is 8.72. The molecule has 0 bridgehead atoms. The number of amides is 1. The number of hydrogen-bond donors (Lipinski definition) is 3. The summed E-state index contributed by atoms with van der Waals surface area (Å²) in [4.78, 5) is 34.8. The number of hydrogen-bond acceptors (Lipinski definition) is 8. The molecule has 1 amide bonds. The van der Waals surface area contributed by atoms with Gasteiger partial charge in [-0.3, -0.25) is 30.7 Å². The molecule has 2 aromatic heterocycles. The Morgan fingerprint density at radius 2 is 1.89 bits per heavy atom. The summed E-state index contributed by atoms with van der Waals surface area (Å²) in [6.45, 7) is 3.91. The van der Waals surface area contributed by atoms with Gasteiger partial charge >= 0.3 is 5.69 Å². The van der Waals surface area contributed by atoms with E-state index in [1.54, 1.807) is 18.2 Å². The van der Waals surface area contributed by atoms with Crippen LogP contribution in [0.15, 0.2) is 49.1 Å². The van der Waals surface area contributed by atoms with Gasteiger partial charge in [0.05, 0.1) is 10.5 Å². The second kappa shape index (κ2) is 8.08. The van der Waals surface area contributed by atoms with Crippen molar-refractivity contribution in [1.82, 2.24) is 20.4 Å². The molecular weight excluding hydrogens is 362 g/mol. The van der Waals surface area contributed by atoms with Crippen molar-refractivity contribution < 1.29 is 9.72 Å². The Bertz CT molecular complexity index is 1020.